The summed E-state index contributed by atoms with van der Waals surface area (Å²) in [5.41, 5.74) is 12.9. The molecule has 0 bridgehead atoms. The highest BCUT2D eigenvalue weighted by Crippen LogP contribution is 2.52. The molecular formula is C43H29N5O. The van der Waals surface area contributed by atoms with Gasteiger partial charge in [-0.05, 0) is 63.7 Å². The molecule has 0 N–H and O–H groups in total. The van der Waals surface area contributed by atoms with E-state index in [1.54, 1.807) is 6.39 Å². The van der Waals surface area contributed by atoms with E-state index in [0.29, 0.717) is 17.6 Å². The van der Waals surface area contributed by atoms with Crippen LogP contribution >= 0.6 is 0 Å². The molecule has 9 aromatic rings. The predicted octanol–water partition coefficient (Wildman–Crippen LogP) is 10.4. The second-order valence-electron chi connectivity index (χ2n) is 13.2. The van der Waals surface area contributed by atoms with Crippen molar-refractivity contribution in [3.8, 4) is 51.0 Å². The van der Waals surface area contributed by atoms with Gasteiger partial charge in [-0.1, -0.05) is 117 Å². The fourth-order valence-corrected chi connectivity index (χ4v) is 7.66. The molecule has 0 unspecified atom stereocenters. The first-order chi connectivity index (χ1) is 24.0. The lowest BCUT2D eigenvalue weighted by Gasteiger charge is -2.22. The number of hydrogen-bond donors (Lipinski definition) is 0. The minimum atomic E-state index is -0.219. The van der Waals surface area contributed by atoms with Crippen LogP contribution in [0.2, 0.25) is 0 Å². The molecule has 0 aliphatic heterocycles. The van der Waals surface area contributed by atoms with Crippen molar-refractivity contribution in [2.75, 3.05) is 0 Å². The molecule has 3 heterocycles. The van der Waals surface area contributed by atoms with Gasteiger partial charge in [0.25, 0.3) is 0 Å². The maximum Gasteiger partial charge on any atom is 0.238 e. The topological polar surface area (TPSA) is 69.6 Å². The van der Waals surface area contributed by atoms with Crippen LogP contribution in [0, 0.1) is 0 Å². The number of rotatable bonds is 4. The summed E-state index contributed by atoms with van der Waals surface area (Å²) in [5.74, 6) is 1.86. The van der Waals surface area contributed by atoms with E-state index in [4.69, 9.17) is 19.4 Å². The van der Waals surface area contributed by atoms with Crippen molar-refractivity contribution in [2.45, 2.75) is 19.3 Å². The standard InChI is InChI=1S/C43H29N5O/c1-43(2)34-24-29(17-19-30(34)32-20-22-37-39(38(32)43)44-25-49-37)28-18-21-36-33(23-28)31-15-9-10-16-35(31)48(36)42-46-40(26-11-5-3-6-12-26)45-41(47-42)27-13-7-4-8-14-27/h3-25H,1-2H3. The second-order valence-corrected chi connectivity index (χ2v) is 13.2. The number of benzene rings is 6. The zero-order valence-electron chi connectivity index (χ0n) is 26.9. The Hall–Kier alpha value is -6.40. The van der Waals surface area contributed by atoms with Gasteiger partial charge >= 0.3 is 0 Å². The fourth-order valence-electron chi connectivity index (χ4n) is 7.66. The Kier molecular flexibility index (Phi) is 5.82. The molecule has 0 saturated heterocycles. The highest BCUT2D eigenvalue weighted by molar-refractivity contribution is 6.10. The van der Waals surface area contributed by atoms with Gasteiger partial charge in [0.05, 0.1) is 11.0 Å². The summed E-state index contributed by atoms with van der Waals surface area (Å²) < 4.78 is 7.84. The van der Waals surface area contributed by atoms with Crippen LogP contribution in [-0.2, 0) is 5.41 Å². The highest BCUT2D eigenvalue weighted by Gasteiger charge is 2.38. The normalized spacial score (nSPS) is 13.3. The van der Waals surface area contributed by atoms with Gasteiger partial charge < -0.3 is 4.42 Å². The van der Waals surface area contributed by atoms with Gasteiger partial charge in [-0.2, -0.15) is 9.97 Å². The van der Waals surface area contributed by atoms with Crippen LogP contribution in [0.4, 0.5) is 0 Å². The van der Waals surface area contributed by atoms with Gasteiger partial charge in [0.2, 0.25) is 5.95 Å². The molecule has 10 rings (SSSR count). The summed E-state index contributed by atoms with van der Waals surface area (Å²) in [6, 6.07) is 46.5. The molecular weight excluding hydrogens is 603 g/mol. The monoisotopic (exact) mass is 631 g/mol. The number of hydrogen-bond acceptors (Lipinski definition) is 5. The van der Waals surface area contributed by atoms with Crippen LogP contribution in [-0.4, -0.2) is 24.5 Å². The fraction of sp³-hybridized carbons (Fsp3) is 0.0698. The van der Waals surface area contributed by atoms with Crippen LogP contribution in [0.3, 0.4) is 0 Å². The molecule has 1 aliphatic rings. The largest absolute Gasteiger partial charge is 0.443 e. The lowest BCUT2D eigenvalue weighted by atomic mass is 9.81. The SMILES string of the molecule is CC1(C)c2cc(-c3ccc4c(c3)c3ccccc3n4-c3nc(-c4ccccc4)nc(-c4ccccc4)n3)ccc2-c2ccc3ocnc3c21. The molecule has 232 valence electrons. The number of aromatic nitrogens is 5. The second kappa shape index (κ2) is 10.3. The third-order valence-electron chi connectivity index (χ3n) is 10.0. The Morgan fingerprint density at radius 1 is 0.551 bits per heavy atom. The first-order valence-corrected chi connectivity index (χ1v) is 16.5. The quantitative estimate of drug-likeness (QED) is 0.193. The predicted molar refractivity (Wildman–Crippen MR) is 196 cm³/mol. The van der Waals surface area contributed by atoms with Crippen molar-refractivity contribution in [1.29, 1.82) is 0 Å². The van der Waals surface area contributed by atoms with Crippen LogP contribution in [0.15, 0.2) is 144 Å². The average molecular weight is 632 g/mol. The van der Waals surface area contributed by atoms with E-state index in [-0.39, 0.29) is 5.41 Å². The minimum absolute atomic E-state index is 0.219. The third kappa shape index (κ3) is 4.14. The van der Waals surface area contributed by atoms with Gasteiger partial charge in [-0.25, -0.2) is 9.97 Å². The van der Waals surface area contributed by atoms with E-state index in [0.717, 1.165) is 49.6 Å². The van der Waals surface area contributed by atoms with Gasteiger partial charge in [-0.15, -0.1) is 0 Å². The number of oxazole rings is 1. The highest BCUT2D eigenvalue weighted by atomic mass is 16.3. The summed E-state index contributed by atoms with van der Waals surface area (Å²) in [7, 11) is 0. The van der Waals surface area contributed by atoms with Crippen molar-refractivity contribution in [2.24, 2.45) is 0 Å². The molecule has 0 amide bonds. The van der Waals surface area contributed by atoms with Crippen LogP contribution in [0.1, 0.15) is 25.0 Å². The van der Waals surface area contributed by atoms with Gasteiger partial charge in [-0.3, -0.25) is 4.57 Å². The van der Waals surface area contributed by atoms with Crippen LogP contribution in [0.25, 0.3) is 83.9 Å². The molecule has 0 saturated carbocycles. The summed E-state index contributed by atoms with van der Waals surface area (Å²) in [6.45, 7) is 4.57. The summed E-state index contributed by atoms with van der Waals surface area (Å²) in [4.78, 5) is 19.7. The third-order valence-corrected chi connectivity index (χ3v) is 10.0. The van der Waals surface area contributed by atoms with Crippen molar-refractivity contribution in [1.82, 2.24) is 24.5 Å². The molecule has 6 nitrogen and oxygen atoms in total. The molecule has 6 aromatic carbocycles. The van der Waals surface area contributed by atoms with Crippen molar-refractivity contribution in [3.63, 3.8) is 0 Å². The van der Waals surface area contributed by atoms with E-state index in [1.165, 1.54) is 27.8 Å². The van der Waals surface area contributed by atoms with Crippen LogP contribution < -0.4 is 0 Å². The average Bonchev–Trinajstić information content (AvgIpc) is 3.83. The molecule has 0 atom stereocenters. The Morgan fingerprint density at radius 3 is 1.94 bits per heavy atom. The zero-order valence-corrected chi connectivity index (χ0v) is 26.9. The van der Waals surface area contributed by atoms with Gasteiger partial charge in [0.15, 0.2) is 23.6 Å². The van der Waals surface area contributed by atoms with Crippen molar-refractivity contribution < 1.29 is 4.42 Å². The smallest absolute Gasteiger partial charge is 0.238 e. The van der Waals surface area contributed by atoms with E-state index in [2.05, 4.69) is 90.1 Å². The summed E-state index contributed by atoms with van der Waals surface area (Å²) >= 11 is 0. The molecule has 3 aromatic heterocycles. The summed E-state index contributed by atoms with van der Waals surface area (Å²) in [6.07, 6.45) is 1.54. The first-order valence-electron chi connectivity index (χ1n) is 16.5. The van der Waals surface area contributed by atoms with Crippen molar-refractivity contribution >= 4 is 32.9 Å². The maximum absolute atomic E-state index is 5.67. The molecule has 1 aliphatic carbocycles. The maximum atomic E-state index is 5.67. The van der Waals surface area contributed by atoms with E-state index in [9.17, 15) is 0 Å². The first kappa shape index (κ1) is 27.7. The Labute approximate surface area is 282 Å². The van der Waals surface area contributed by atoms with Crippen LogP contribution in [0.5, 0.6) is 0 Å². The Balaban J connectivity index is 1.15. The lowest BCUT2D eigenvalue weighted by molar-refractivity contribution is 0.602. The lowest BCUT2D eigenvalue weighted by Crippen LogP contribution is -2.15. The number of para-hydroxylation sites is 1. The van der Waals surface area contributed by atoms with Crippen molar-refractivity contribution in [3.05, 3.63) is 151 Å². The van der Waals surface area contributed by atoms with Gasteiger partial charge in [0.1, 0.15) is 5.52 Å². The Morgan fingerprint density at radius 2 is 1.18 bits per heavy atom. The number of fused-ring (bicyclic) bond motifs is 8. The molecule has 0 spiro atoms. The number of nitrogens with zero attached hydrogens (tertiary/aromatic N) is 5. The van der Waals surface area contributed by atoms with E-state index >= 15 is 0 Å². The van der Waals surface area contributed by atoms with E-state index in [1.807, 2.05) is 66.7 Å². The Bertz CT molecular complexity index is 2680. The zero-order chi connectivity index (χ0) is 32.7. The molecule has 0 fully saturated rings. The van der Waals surface area contributed by atoms with E-state index < -0.39 is 0 Å². The van der Waals surface area contributed by atoms with Gasteiger partial charge in [0, 0.05) is 27.3 Å². The summed E-state index contributed by atoms with van der Waals surface area (Å²) in [5, 5.41) is 2.29. The molecule has 6 heteroatoms. The molecule has 49 heavy (non-hydrogen) atoms. The minimum Gasteiger partial charge on any atom is -0.443 e. The molecule has 0 radical (unpaired) electrons.